The molecule has 0 bridgehead atoms. The minimum Gasteiger partial charge on any atom is -0.433 e. The summed E-state index contributed by atoms with van der Waals surface area (Å²) in [6.07, 6.45) is 4.88. The SMILES string of the molecule is CC(F)(F)Oc1cccc(CNC(=O)c2cn(CCCCn3cc(NC(=O)Cc4cccnc4)nn3)nn2)c1. The Kier molecular flexibility index (Phi) is 8.86. The van der Waals surface area contributed by atoms with Crippen LogP contribution in [0.1, 0.15) is 41.4 Å². The summed E-state index contributed by atoms with van der Waals surface area (Å²) in [5, 5.41) is 21.3. The van der Waals surface area contributed by atoms with Crippen molar-refractivity contribution in [2.45, 2.75) is 51.9 Å². The van der Waals surface area contributed by atoms with Crippen LogP contribution in [0.25, 0.3) is 0 Å². The molecule has 0 spiro atoms. The van der Waals surface area contributed by atoms with Gasteiger partial charge in [0.2, 0.25) is 5.91 Å². The fourth-order valence-electron chi connectivity index (χ4n) is 3.60. The van der Waals surface area contributed by atoms with E-state index < -0.39 is 12.0 Å². The molecule has 0 aliphatic carbocycles. The van der Waals surface area contributed by atoms with E-state index in [2.05, 4.69) is 41.0 Å². The molecule has 0 aliphatic rings. The molecule has 3 aromatic heterocycles. The molecule has 12 nitrogen and oxygen atoms in total. The molecular weight excluding hydrogens is 512 g/mol. The van der Waals surface area contributed by atoms with E-state index in [1.54, 1.807) is 46.2 Å². The lowest BCUT2D eigenvalue weighted by Gasteiger charge is -2.13. The van der Waals surface area contributed by atoms with Crippen LogP contribution >= 0.6 is 0 Å². The number of carbonyl (C=O) groups excluding carboxylic acids is 2. The zero-order valence-electron chi connectivity index (χ0n) is 21.1. The second kappa shape index (κ2) is 12.7. The Morgan fingerprint density at radius 1 is 1.00 bits per heavy atom. The average molecular weight is 540 g/mol. The number of unbranched alkanes of at least 4 members (excludes halogenated alkanes) is 1. The predicted octanol–water partition coefficient (Wildman–Crippen LogP) is 2.85. The summed E-state index contributed by atoms with van der Waals surface area (Å²) < 4.78 is 33.9. The number of rotatable bonds is 13. The number of ether oxygens (including phenoxy) is 1. The second-order valence-electron chi connectivity index (χ2n) is 8.77. The van der Waals surface area contributed by atoms with Crippen molar-refractivity contribution in [1.29, 1.82) is 0 Å². The molecule has 4 rings (SSSR count). The van der Waals surface area contributed by atoms with Crippen molar-refractivity contribution in [3.63, 3.8) is 0 Å². The van der Waals surface area contributed by atoms with Crippen LogP contribution in [-0.4, -0.2) is 52.9 Å². The number of amides is 2. The van der Waals surface area contributed by atoms with Crippen LogP contribution in [0.3, 0.4) is 0 Å². The van der Waals surface area contributed by atoms with Gasteiger partial charge in [-0.3, -0.25) is 23.9 Å². The van der Waals surface area contributed by atoms with Gasteiger partial charge in [0.1, 0.15) is 5.75 Å². The van der Waals surface area contributed by atoms with Crippen LogP contribution in [0.4, 0.5) is 14.6 Å². The Morgan fingerprint density at radius 2 is 1.74 bits per heavy atom. The summed E-state index contributed by atoms with van der Waals surface area (Å²) >= 11 is 0. The van der Waals surface area contributed by atoms with Gasteiger partial charge in [-0.05, 0) is 42.2 Å². The predicted molar refractivity (Wildman–Crippen MR) is 135 cm³/mol. The third-order valence-electron chi connectivity index (χ3n) is 5.34. The van der Waals surface area contributed by atoms with Gasteiger partial charge in [-0.25, -0.2) is 0 Å². The summed E-state index contributed by atoms with van der Waals surface area (Å²) in [7, 11) is 0. The summed E-state index contributed by atoms with van der Waals surface area (Å²) in [4.78, 5) is 28.5. The van der Waals surface area contributed by atoms with Gasteiger partial charge in [-0.15, -0.1) is 10.2 Å². The van der Waals surface area contributed by atoms with Crippen LogP contribution < -0.4 is 15.4 Å². The molecule has 0 saturated heterocycles. The van der Waals surface area contributed by atoms with E-state index in [1.165, 1.54) is 18.3 Å². The summed E-state index contributed by atoms with van der Waals surface area (Å²) in [6, 6.07) is 9.70. The molecule has 204 valence electrons. The molecule has 39 heavy (non-hydrogen) atoms. The molecule has 0 unspecified atom stereocenters. The van der Waals surface area contributed by atoms with Gasteiger partial charge in [0.25, 0.3) is 5.91 Å². The zero-order chi connectivity index (χ0) is 27.7. The number of hydrogen-bond acceptors (Lipinski definition) is 8. The lowest BCUT2D eigenvalue weighted by molar-refractivity contribution is -0.159. The van der Waals surface area contributed by atoms with Gasteiger partial charge in [-0.1, -0.05) is 28.6 Å². The Hall–Kier alpha value is -4.75. The van der Waals surface area contributed by atoms with Crippen LogP contribution in [0.2, 0.25) is 0 Å². The van der Waals surface area contributed by atoms with Crippen LogP contribution in [-0.2, 0) is 30.8 Å². The number of alkyl halides is 2. The number of nitrogens with one attached hydrogen (secondary N) is 2. The van der Waals surface area contributed by atoms with E-state index in [4.69, 9.17) is 0 Å². The number of aryl methyl sites for hydroxylation is 2. The number of benzene rings is 1. The molecule has 0 atom stereocenters. The van der Waals surface area contributed by atoms with E-state index in [0.717, 1.165) is 18.4 Å². The number of halogens is 2. The number of hydrogen-bond donors (Lipinski definition) is 2. The topological polar surface area (TPSA) is 142 Å². The van der Waals surface area contributed by atoms with Crippen LogP contribution in [0.15, 0.2) is 61.2 Å². The van der Waals surface area contributed by atoms with Crippen molar-refractivity contribution in [3.8, 4) is 5.75 Å². The van der Waals surface area contributed by atoms with Gasteiger partial charge in [0.05, 0.1) is 18.8 Å². The highest BCUT2D eigenvalue weighted by atomic mass is 19.3. The highest BCUT2D eigenvalue weighted by Crippen LogP contribution is 2.21. The van der Waals surface area contributed by atoms with E-state index in [9.17, 15) is 18.4 Å². The first-order chi connectivity index (χ1) is 18.7. The molecule has 3 heterocycles. The highest BCUT2D eigenvalue weighted by molar-refractivity contribution is 5.92. The molecule has 1 aromatic carbocycles. The maximum absolute atomic E-state index is 13.0. The van der Waals surface area contributed by atoms with E-state index in [0.29, 0.717) is 31.4 Å². The van der Waals surface area contributed by atoms with Crippen molar-refractivity contribution in [3.05, 3.63) is 78.0 Å². The molecule has 0 fully saturated rings. The van der Waals surface area contributed by atoms with Crippen molar-refractivity contribution < 1.29 is 23.1 Å². The Balaban J connectivity index is 1.16. The normalized spacial score (nSPS) is 11.3. The first kappa shape index (κ1) is 27.3. The van der Waals surface area contributed by atoms with Crippen molar-refractivity contribution >= 4 is 17.6 Å². The molecule has 14 heteroatoms. The maximum atomic E-state index is 13.0. The Bertz CT molecular complexity index is 1390. The molecule has 0 aliphatic heterocycles. The zero-order valence-corrected chi connectivity index (χ0v) is 21.1. The lowest BCUT2D eigenvalue weighted by atomic mass is 10.2. The first-order valence-electron chi connectivity index (χ1n) is 12.2. The third-order valence-corrected chi connectivity index (χ3v) is 5.34. The van der Waals surface area contributed by atoms with Gasteiger partial charge >= 0.3 is 6.11 Å². The average Bonchev–Trinajstić information content (AvgIpc) is 3.55. The summed E-state index contributed by atoms with van der Waals surface area (Å²) in [5.74, 6) is -0.259. The molecule has 2 N–H and O–H groups in total. The minimum atomic E-state index is -3.29. The molecule has 0 radical (unpaired) electrons. The molecular formula is C25H27F2N9O3. The Morgan fingerprint density at radius 3 is 2.49 bits per heavy atom. The standard InChI is InChI=1S/C25H27F2N9O3/c1-25(26,27)39-20-8-4-6-18(12-20)15-29-24(38)21-16-35(33-31-21)10-2-3-11-36-17-22(32-34-36)30-23(37)13-19-7-5-9-28-14-19/h4-9,12,14,16-17H,2-3,10-11,13,15H2,1H3,(H,29,38)(H,30,37). The van der Waals surface area contributed by atoms with Gasteiger partial charge in [-0.2, -0.15) is 8.78 Å². The molecule has 4 aromatic rings. The smallest absolute Gasteiger partial charge is 0.394 e. The largest absolute Gasteiger partial charge is 0.433 e. The number of aromatic nitrogens is 7. The highest BCUT2D eigenvalue weighted by Gasteiger charge is 2.23. The minimum absolute atomic E-state index is 0.00730. The third kappa shape index (κ3) is 8.94. The monoisotopic (exact) mass is 539 g/mol. The molecule has 0 saturated carbocycles. The van der Waals surface area contributed by atoms with Crippen molar-refractivity contribution in [2.24, 2.45) is 0 Å². The van der Waals surface area contributed by atoms with Gasteiger partial charge < -0.3 is 15.4 Å². The number of carbonyl (C=O) groups is 2. The van der Waals surface area contributed by atoms with Crippen molar-refractivity contribution in [2.75, 3.05) is 5.32 Å². The number of nitrogens with zero attached hydrogens (tertiary/aromatic N) is 7. The molecule has 2 amide bonds. The van der Waals surface area contributed by atoms with Gasteiger partial charge in [0.15, 0.2) is 11.5 Å². The van der Waals surface area contributed by atoms with Gasteiger partial charge in [0, 0.05) is 39.0 Å². The second-order valence-corrected chi connectivity index (χ2v) is 8.77. The number of pyridine rings is 1. The van der Waals surface area contributed by atoms with E-state index >= 15 is 0 Å². The summed E-state index contributed by atoms with van der Waals surface area (Å²) in [5.41, 5.74) is 1.55. The van der Waals surface area contributed by atoms with Crippen LogP contribution in [0, 0.1) is 0 Å². The fraction of sp³-hybridized carbons (Fsp3) is 0.320. The lowest BCUT2D eigenvalue weighted by Crippen LogP contribution is -2.23. The quantitative estimate of drug-likeness (QED) is 0.247. The van der Waals surface area contributed by atoms with E-state index in [-0.39, 0.29) is 30.3 Å². The first-order valence-corrected chi connectivity index (χ1v) is 12.2. The summed E-state index contributed by atoms with van der Waals surface area (Å²) in [6.45, 7) is 1.89. The van der Waals surface area contributed by atoms with Crippen LogP contribution in [0.5, 0.6) is 5.75 Å². The van der Waals surface area contributed by atoms with E-state index in [1.807, 2.05) is 6.07 Å². The maximum Gasteiger partial charge on any atom is 0.394 e. The Labute approximate surface area is 222 Å². The number of anilines is 1. The van der Waals surface area contributed by atoms with Crippen molar-refractivity contribution in [1.82, 2.24) is 40.3 Å². The fourth-order valence-corrected chi connectivity index (χ4v) is 3.60.